The molecular weight excluding hydrogens is 315 g/mol. The minimum Gasteiger partial charge on any atom is -0.494 e. The predicted octanol–water partition coefficient (Wildman–Crippen LogP) is 1.06. The van der Waals surface area contributed by atoms with Crippen LogP contribution in [0.2, 0.25) is 0 Å². The first-order valence-corrected chi connectivity index (χ1v) is 7.86. The van der Waals surface area contributed by atoms with Crippen molar-refractivity contribution in [2.24, 2.45) is 0 Å². The van der Waals surface area contributed by atoms with Gasteiger partial charge in [-0.3, -0.25) is 9.59 Å². The number of ether oxygens (including phenoxy) is 1. The topological polar surface area (TPSA) is 92.8 Å². The molecule has 120 valence electrons. The second kappa shape index (κ2) is 5.91. The number of carbonyl (C=O) groups is 2. The minimum absolute atomic E-state index is 0.250. The second-order valence-corrected chi connectivity index (χ2v) is 6.49. The van der Waals surface area contributed by atoms with Gasteiger partial charge in [0.15, 0.2) is 0 Å². The van der Waals surface area contributed by atoms with Crippen LogP contribution in [-0.2, 0) is 19.8 Å². The van der Waals surface area contributed by atoms with Crippen LogP contribution in [0.3, 0.4) is 0 Å². The van der Waals surface area contributed by atoms with Gasteiger partial charge in [0.05, 0.1) is 12.8 Å². The van der Waals surface area contributed by atoms with Crippen LogP contribution in [-0.4, -0.2) is 39.1 Å². The number of nitrogens with zero attached hydrogens (tertiary/aromatic N) is 1. The third kappa shape index (κ3) is 3.35. The molecule has 9 heteroatoms. The van der Waals surface area contributed by atoms with Crippen molar-refractivity contribution in [3.05, 3.63) is 18.2 Å². The molecule has 0 aliphatic carbocycles. The molecule has 1 aliphatic heterocycles. The molecule has 0 saturated carbocycles. The number of methoxy groups -OCH3 is 1. The summed E-state index contributed by atoms with van der Waals surface area (Å²) in [5.74, 6) is -0.459. The van der Waals surface area contributed by atoms with Gasteiger partial charge in [0.2, 0.25) is 11.8 Å². The molecule has 1 atom stereocenters. The Bertz CT molecular complexity index is 719. The molecule has 0 spiro atoms. The van der Waals surface area contributed by atoms with Gasteiger partial charge in [-0.2, -0.15) is 8.42 Å². The van der Waals surface area contributed by atoms with Gasteiger partial charge in [0.25, 0.3) is 0 Å². The van der Waals surface area contributed by atoms with E-state index in [1.54, 1.807) is 0 Å². The number of rotatable bonds is 4. The quantitative estimate of drug-likeness (QED) is 0.833. The Morgan fingerprint density at radius 3 is 2.64 bits per heavy atom. The van der Waals surface area contributed by atoms with Gasteiger partial charge in [-0.25, -0.2) is 0 Å². The molecule has 1 aromatic carbocycles. The zero-order valence-corrected chi connectivity index (χ0v) is 12.8. The van der Waals surface area contributed by atoms with E-state index in [9.17, 15) is 21.9 Å². The summed E-state index contributed by atoms with van der Waals surface area (Å²) in [5, 5.41) is 1.20. The largest absolute Gasteiger partial charge is 0.494 e. The van der Waals surface area contributed by atoms with Crippen molar-refractivity contribution in [1.82, 2.24) is 0 Å². The first-order valence-electron chi connectivity index (χ1n) is 6.42. The van der Waals surface area contributed by atoms with Crippen LogP contribution in [0, 0.1) is 0 Å². The summed E-state index contributed by atoms with van der Waals surface area (Å²) in [6, 6.07) is 4.54. The van der Waals surface area contributed by atoms with E-state index in [0.29, 0.717) is 17.1 Å². The predicted molar refractivity (Wildman–Crippen MR) is 78.1 cm³/mol. The zero-order chi connectivity index (χ0) is 16.5. The summed E-state index contributed by atoms with van der Waals surface area (Å²) < 4.78 is 40.0. The van der Waals surface area contributed by atoms with E-state index in [4.69, 9.17) is 4.74 Å². The average molecular weight is 330 g/mol. The van der Waals surface area contributed by atoms with Crippen LogP contribution in [0.5, 0.6) is 5.75 Å². The van der Waals surface area contributed by atoms with E-state index in [2.05, 4.69) is 5.32 Å². The van der Waals surface area contributed by atoms with Crippen LogP contribution in [0.25, 0.3) is 0 Å². The Morgan fingerprint density at radius 2 is 2.14 bits per heavy atom. The number of amides is 2. The zero-order valence-electron chi connectivity index (χ0n) is 12.0. The number of hydrogen-bond acceptors (Lipinski definition) is 5. The maximum absolute atomic E-state index is 13.0. The van der Waals surface area contributed by atoms with Crippen LogP contribution >= 0.6 is 0 Å². The van der Waals surface area contributed by atoms with Crippen molar-refractivity contribution in [1.29, 1.82) is 0 Å². The van der Waals surface area contributed by atoms with Gasteiger partial charge in [0.1, 0.15) is 11.0 Å². The highest BCUT2D eigenvalue weighted by atomic mass is 32.3. The maximum atomic E-state index is 13.0. The van der Waals surface area contributed by atoms with Gasteiger partial charge in [-0.1, -0.05) is 0 Å². The van der Waals surface area contributed by atoms with E-state index in [0.717, 1.165) is 0 Å². The first kappa shape index (κ1) is 16.2. The monoisotopic (exact) mass is 330 g/mol. The molecule has 1 aromatic rings. The van der Waals surface area contributed by atoms with Crippen LogP contribution < -0.4 is 15.0 Å². The minimum atomic E-state index is -4.77. The lowest BCUT2D eigenvalue weighted by Gasteiger charge is -2.18. The molecule has 1 heterocycles. The number of nitrogens with one attached hydrogen (secondary N) is 1. The molecule has 0 radical (unpaired) electrons. The molecule has 2 rings (SSSR count). The van der Waals surface area contributed by atoms with Gasteiger partial charge < -0.3 is 15.0 Å². The lowest BCUT2D eigenvalue weighted by molar-refractivity contribution is -0.117. The molecule has 0 aromatic heterocycles. The van der Waals surface area contributed by atoms with Gasteiger partial charge >= 0.3 is 10.2 Å². The number of halogens is 1. The molecule has 1 aliphatic rings. The van der Waals surface area contributed by atoms with Crippen molar-refractivity contribution in [3.8, 4) is 5.75 Å². The highest BCUT2D eigenvalue weighted by Gasteiger charge is 2.39. The Morgan fingerprint density at radius 1 is 1.45 bits per heavy atom. The Labute approximate surface area is 127 Å². The van der Waals surface area contributed by atoms with E-state index >= 15 is 0 Å². The summed E-state index contributed by atoms with van der Waals surface area (Å²) in [6.45, 7) is 1.09. The summed E-state index contributed by atoms with van der Waals surface area (Å²) in [4.78, 5) is 24.1. The highest BCUT2D eigenvalue weighted by molar-refractivity contribution is 7.87. The van der Waals surface area contributed by atoms with Gasteiger partial charge in [0, 0.05) is 31.6 Å². The van der Waals surface area contributed by atoms with E-state index in [1.165, 1.54) is 37.1 Å². The fourth-order valence-corrected chi connectivity index (χ4v) is 2.92. The molecule has 1 unspecified atom stereocenters. The smallest absolute Gasteiger partial charge is 0.307 e. The number of anilines is 2. The lowest BCUT2D eigenvalue weighted by Crippen LogP contribution is -2.27. The van der Waals surface area contributed by atoms with Gasteiger partial charge in [-0.15, -0.1) is 3.89 Å². The number of carbonyl (C=O) groups excluding carboxylic acids is 2. The van der Waals surface area contributed by atoms with E-state index in [-0.39, 0.29) is 12.5 Å². The molecule has 1 N–H and O–H groups in total. The lowest BCUT2D eigenvalue weighted by atomic mass is 10.2. The molecule has 0 bridgehead atoms. The van der Waals surface area contributed by atoms with E-state index < -0.39 is 27.8 Å². The van der Waals surface area contributed by atoms with Crippen molar-refractivity contribution in [2.45, 2.75) is 18.6 Å². The Kier molecular flexibility index (Phi) is 4.36. The normalized spacial score (nSPS) is 18.4. The summed E-state index contributed by atoms with van der Waals surface area (Å²) >= 11 is 0. The summed E-state index contributed by atoms with van der Waals surface area (Å²) in [5.41, 5.74) is 0.794. The molecule has 2 amide bonds. The maximum Gasteiger partial charge on any atom is 0.307 e. The second-order valence-electron chi connectivity index (χ2n) is 4.87. The average Bonchev–Trinajstić information content (AvgIpc) is 2.81. The molecule has 22 heavy (non-hydrogen) atoms. The molecule has 1 fully saturated rings. The van der Waals surface area contributed by atoms with Crippen LogP contribution in [0.4, 0.5) is 15.3 Å². The third-order valence-corrected chi connectivity index (χ3v) is 4.41. The Hall–Kier alpha value is -2.16. The summed E-state index contributed by atoms with van der Waals surface area (Å²) in [6.07, 6.45) is -0.394. The number of hydrogen-bond donors (Lipinski definition) is 1. The van der Waals surface area contributed by atoms with Gasteiger partial charge in [-0.05, 0) is 12.1 Å². The fraction of sp³-hybridized carbons (Fsp3) is 0.385. The van der Waals surface area contributed by atoms with E-state index in [1.807, 2.05) is 0 Å². The van der Waals surface area contributed by atoms with Crippen molar-refractivity contribution >= 4 is 33.4 Å². The van der Waals surface area contributed by atoms with Crippen molar-refractivity contribution in [2.75, 3.05) is 23.9 Å². The highest BCUT2D eigenvalue weighted by Crippen LogP contribution is 2.33. The third-order valence-electron chi connectivity index (χ3n) is 3.30. The van der Waals surface area contributed by atoms with Crippen molar-refractivity contribution < 1.29 is 26.6 Å². The van der Waals surface area contributed by atoms with Crippen molar-refractivity contribution in [3.63, 3.8) is 0 Å². The molecule has 1 saturated heterocycles. The SMILES string of the molecule is COc1cc(N2CC(S(=O)(=O)F)CC2=O)ccc1NC(C)=O. The van der Waals surface area contributed by atoms with Crippen LogP contribution in [0.1, 0.15) is 13.3 Å². The number of benzene rings is 1. The van der Waals surface area contributed by atoms with Crippen LogP contribution in [0.15, 0.2) is 18.2 Å². The molecule has 7 nitrogen and oxygen atoms in total. The standard InChI is InChI=1S/C13H15FN2O5S/c1-8(17)15-11-4-3-9(5-12(11)21-2)16-7-10(6-13(16)18)22(14,19)20/h3-5,10H,6-7H2,1-2H3,(H,15,17). The fourth-order valence-electron chi connectivity index (χ4n) is 2.25. The first-order chi connectivity index (χ1) is 10.2. The Balaban J connectivity index is 2.30. The summed E-state index contributed by atoms with van der Waals surface area (Å²) in [7, 11) is -3.37. The molecular formula is C13H15FN2O5S.